The minimum atomic E-state index is 0. The highest BCUT2D eigenvalue weighted by atomic mass is 127. The van der Waals surface area contributed by atoms with Crippen molar-refractivity contribution >= 4 is 53.0 Å². The number of guanidine groups is 1. The normalized spacial score (nSPS) is 22.0. The summed E-state index contributed by atoms with van der Waals surface area (Å²) in [7, 11) is 1.84. The van der Waals surface area contributed by atoms with E-state index < -0.39 is 0 Å². The molecule has 2 N–H and O–H groups in total. The molecule has 0 spiro atoms. The van der Waals surface area contributed by atoms with E-state index in [1.165, 1.54) is 30.7 Å². The summed E-state index contributed by atoms with van der Waals surface area (Å²) in [5, 5.41) is 11.1. The van der Waals surface area contributed by atoms with E-state index in [1.54, 1.807) is 11.3 Å². The van der Waals surface area contributed by atoms with Crippen molar-refractivity contribution in [3.05, 3.63) is 16.1 Å². The Balaban J connectivity index is 0.00000242. The third-order valence-electron chi connectivity index (χ3n) is 3.86. The maximum absolute atomic E-state index is 4.58. The van der Waals surface area contributed by atoms with Gasteiger partial charge in [0.2, 0.25) is 0 Å². The van der Waals surface area contributed by atoms with Crippen LogP contribution in [-0.4, -0.2) is 35.5 Å². The molecule has 2 rings (SSSR count). The second-order valence-electron chi connectivity index (χ2n) is 5.38. The van der Waals surface area contributed by atoms with Gasteiger partial charge < -0.3 is 10.6 Å². The Morgan fingerprint density at radius 2 is 2.32 bits per heavy atom. The summed E-state index contributed by atoms with van der Waals surface area (Å²) in [6.07, 6.45) is 8.37. The fourth-order valence-electron chi connectivity index (χ4n) is 2.64. The molecule has 126 valence electrons. The van der Waals surface area contributed by atoms with Crippen LogP contribution in [0.15, 0.2) is 10.4 Å². The summed E-state index contributed by atoms with van der Waals surface area (Å²) in [5.74, 6) is 0.896. The first-order valence-corrected chi connectivity index (χ1v) is 9.85. The van der Waals surface area contributed by atoms with Crippen molar-refractivity contribution in [2.75, 3.05) is 13.3 Å². The van der Waals surface area contributed by atoms with E-state index >= 15 is 0 Å². The lowest BCUT2D eigenvalue weighted by atomic mass is 9.95. The highest BCUT2D eigenvalue weighted by Crippen LogP contribution is 2.26. The van der Waals surface area contributed by atoms with Gasteiger partial charge in [0.1, 0.15) is 0 Å². The minimum Gasteiger partial charge on any atom is -0.354 e. The number of nitrogens with zero attached hydrogens (tertiary/aromatic N) is 2. The number of thioether (sulfide) groups is 1. The van der Waals surface area contributed by atoms with Crippen molar-refractivity contribution in [2.24, 2.45) is 4.99 Å². The molecule has 0 radical (unpaired) electrons. The van der Waals surface area contributed by atoms with Crippen LogP contribution in [0, 0.1) is 0 Å². The Labute approximate surface area is 159 Å². The van der Waals surface area contributed by atoms with E-state index in [0.717, 1.165) is 29.9 Å². The van der Waals surface area contributed by atoms with Gasteiger partial charge in [-0.25, -0.2) is 4.98 Å². The molecule has 22 heavy (non-hydrogen) atoms. The Hall–Kier alpha value is -0.0200. The summed E-state index contributed by atoms with van der Waals surface area (Å²) in [6.45, 7) is 2.89. The molecule has 1 aromatic heterocycles. The maximum Gasteiger partial charge on any atom is 0.191 e. The predicted octanol–water partition coefficient (Wildman–Crippen LogP) is 3.66. The number of hydrogen-bond donors (Lipinski definition) is 2. The van der Waals surface area contributed by atoms with Crippen LogP contribution >= 0.6 is 47.1 Å². The molecule has 0 bridgehead atoms. The molecule has 1 aliphatic rings. The average Bonchev–Trinajstić information content (AvgIpc) is 2.99. The highest BCUT2D eigenvalue weighted by molar-refractivity contribution is 14.0. The molecular weight excluding hydrogens is 427 g/mol. The number of aromatic nitrogens is 1. The first-order chi connectivity index (χ1) is 10.2. The number of rotatable bonds is 5. The third-order valence-corrected chi connectivity index (χ3v) is 6.00. The first-order valence-electron chi connectivity index (χ1n) is 7.68. The molecule has 1 aromatic rings. The molecule has 2 atom stereocenters. The number of hydrogen-bond acceptors (Lipinski definition) is 4. The van der Waals surface area contributed by atoms with Crippen molar-refractivity contribution in [3.63, 3.8) is 0 Å². The van der Waals surface area contributed by atoms with Crippen molar-refractivity contribution in [2.45, 2.75) is 56.9 Å². The van der Waals surface area contributed by atoms with Gasteiger partial charge in [0, 0.05) is 23.7 Å². The zero-order valence-corrected chi connectivity index (χ0v) is 17.6. The lowest BCUT2D eigenvalue weighted by Crippen LogP contribution is -2.45. The zero-order valence-electron chi connectivity index (χ0n) is 13.6. The minimum absolute atomic E-state index is 0. The van der Waals surface area contributed by atoms with Crippen LogP contribution < -0.4 is 10.6 Å². The van der Waals surface area contributed by atoms with Gasteiger partial charge in [-0.3, -0.25) is 4.99 Å². The SMILES string of the molecule is CCc1nc(CNC(=NC)NC2CCCC(SC)C2)cs1.I. The van der Waals surface area contributed by atoms with Crippen molar-refractivity contribution in [1.29, 1.82) is 0 Å². The lowest BCUT2D eigenvalue weighted by Gasteiger charge is -2.29. The second-order valence-corrected chi connectivity index (χ2v) is 7.46. The molecule has 1 saturated carbocycles. The van der Waals surface area contributed by atoms with Gasteiger partial charge in [-0.2, -0.15) is 11.8 Å². The van der Waals surface area contributed by atoms with Crippen LogP contribution in [-0.2, 0) is 13.0 Å². The number of nitrogens with one attached hydrogen (secondary N) is 2. The molecule has 0 amide bonds. The van der Waals surface area contributed by atoms with Crippen molar-refractivity contribution < 1.29 is 0 Å². The van der Waals surface area contributed by atoms with E-state index in [2.05, 4.69) is 39.2 Å². The second kappa shape index (κ2) is 10.7. The van der Waals surface area contributed by atoms with Gasteiger partial charge in [-0.05, 0) is 31.9 Å². The zero-order chi connectivity index (χ0) is 15.1. The Kier molecular flexibility index (Phi) is 9.74. The van der Waals surface area contributed by atoms with Crippen molar-refractivity contribution in [3.8, 4) is 0 Å². The highest BCUT2D eigenvalue weighted by Gasteiger charge is 2.21. The number of aliphatic imine (C=N–C) groups is 1. The van der Waals surface area contributed by atoms with Crippen LogP contribution in [0.4, 0.5) is 0 Å². The fraction of sp³-hybridized carbons (Fsp3) is 0.733. The van der Waals surface area contributed by atoms with E-state index in [0.29, 0.717) is 6.04 Å². The largest absolute Gasteiger partial charge is 0.354 e. The molecule has 7 heteroatoms. The van der Waals surface area contributed by atoms with Crippen LogP contribution in [0.1, 0.15) is 43.3 Å². The molecular formula is C15H27IN4S2. The quantitative estimate of drug-likeness (QED) is 0.405. The summed E-state index contributed by atoms with van der Waals surface area (Å²) in [4.78, 5) is 8.92. The van der Waals surface area contributed by atoms with Crippen LogP contribution in [0.5, 0.6) is 0 Å². The average molecular weight is 454 g/mol. The van der Waals surface area contributed by atoms with Crippen LogP contribution in [0.25, 0.3) is 0 Å². The lowest BCUT2D eigenvalue weighted by molar-refractivity contribution is 0.419. The molecule has 1 heterocycles. The number of halogens is 1. The summed E-state index contributed by atoms with van der Waals surface area (Å²) in [5.41, 5.74) is 1.10. The van der Waals surface area contributed by atoms with Gasteiger partial charge in [0.15, 0.2) is 5.96 Å². The number of aryl methyl sites for hydroxylation is 1. The van der Waals surface area contributed by atoms with Crippen molar-refractivity contribution in [1.82, 2.24) is 15.6 Å². The van der Waals surface area contributed by atoms with E-state index in [4.69, 9.17) is 0 Å². The fourth-order valence-corrected chi connectivity index (χ4v) is 4.22. The first kappa shape index (κ1) is 20.0. The van der Waals surface area contributed by atoms with Gasteiger partial charge in [0.25, 0.3) is 0 Å². The standard InChI is InChI=1S/C15H26N4S2.HI/c1-4-14-18-12(10-21-14)9-17-15(16-2)19-11-6-5-7-13(8-11)20-3;/h10-11,13H,4-9H2,1-3H3,(H2,16,17,19);1H. The Morgan fingerprint density at radius 1 is 1.50 bits per heavy atom. The van der Waals surface area contributed by atoms with E-state index in [1.807, 2.05) is 18.8 Å². The summed E-state index contributed by atoms with van der Waals surface area (Å²) < 4.78 is 0. The van der Waals surface area contributed by atoms with Gasteiger partial charge in [-0.15, -0.1) is 35.3 Å². The molecule has 2 unspecified atom stereocenters. The summed E-state index contributed by atoms with van der Waals surface area (Å²) in [6, 6.07) is 0.545. The Bertz CT molecular complexity index is 464. The maximum atomic E-state index is 4.58. The number of thiazole rings is 1. The predicted molar refractivity (Wildman–Crippen MR) is 110 cm³/mol. The molecule has 0 saturated heterocycles. The van der Waals surface area contributed by atoms with Gasteiger partial charge >= 0.3 is 0 Å². The van der Waals surface area contributed by atoms with Crippen LogP contribution in [0.3, 0.4) is 0 Å². The van der Waals surface area contributed by atoms with Crippen LogP contribution in [0.2, 0.25) is 0 Å². The molecule has 0 aliphatic heterocycles. The molecule has 4 nitrogen and oxygen atoms in total. The monoisotopic (exact) mass is 454 g/mol. The Morgan fingerprint density at radius 3 is 2.95 bits per heavy atom. The van der Waals surface area contributed by atoms with E-state index in [-0.39, 0.29) is 24.0 Å². The smallest absolute Gasteiger partial charge is 0.191 e. The van der Waals surface area contributed by atoms with Gasteiger partial charge in [0.05, 0.1) is 17.2 Å². The topological polar surface area (TPSA) is 49.3 Å². The molecule has 0 aromatic carbocycles. The molecule has 1 aliphatic carbocycles. The molecule has 1 fully saturated rings. The van der Waals surface area contributed by atoms with Gasteiger partial charge in [-0.1, -0.05) is 13.3 Å². The third kappa shape index (κ3) is 6.23. The summed E-state index contributed by atoms with van der Waals surface area (Å²) >= 11 is 3.72. The van der Waals surface area contributed by atoms with E-state index in [9.17, 15) is 0 Å².